The second-order valence-corrected chi connectivity index (χ2v) is 5.40. The maximum absolute atomic E-state index is 11.6. The first kappa shape index (κ1) is 15.7. The molecule has 0 radical (unpaired) electrons. The van der Waals surface area contributed by atoms with Crippen LogP contribution in [0.1, 0.15) is 19.3 Å². The number of rotatable bonds is 8. The molecular weight excluding hydrogens is 258 g/mol. The highest BCUT2D eigenvalue weighted by molar-refractivity contribution is 5.75. The Morgan fingerprint density at radius 3 is 3.00 bits per heavy atom. The van der Waals surface area contributed by atoms with E-state index in [1.54, 1.807) is 0 Å². The lowest BCUT2D eigenvalue weighted by atomic mass is 10.2. The molecule has 2 rings (SSSR count). The Morgan fingerprint density at radius 2 is 2.25 bits per heavy atom. The lowest BCUT2D eigenvalue weighted by molar-refractivity contribution is -0.122. The summed E-state index contributed by atoms with van der Waals surface area (Å²) in [6.45, 7) is 7.85. The number of nitrogens with zero attached hydrogens (tertiary/aromatic N) is 1. The second-order valence-electron chi connectivity index (χ2n) is 5.40. The molecule has 0 saturated carbocycles. The van der Waals surface area contributed by atoms with Gasteiger partial charge in [-0.25, -0.2) is 0 Å². The van der Waals surface area contributed by atoms with Gasteiger partial charge in [0.05, 0.1) is 19.3 Å². The maximum Gasteiger partial charge on any atom is 0.222 e. The molecule has 2 heterocycles. The summed E-state index contributed by atoms with van der Waals surface area (Å²) in [5.41, 5.74) is 0. The lowest BCUT2D eigenvalue weighted by Crippen LogP contribution is -2.46. The SMILES string of the molecule is O=C(CCOCC1CCCO1)NCCN1CCNCC1. The largest absolute Gasteiger partial charge is 0.378 e. The molecule has 0 aromatic heterocycles. The smallest absolute Gasteiger partial charge is 0.222 e. The Labute approximate surface area is 121 Å². The first-order chi connectivity index (χ1) is 9.84. The Kier molecular flexibility index (Phi) is 7.28. The molecule has 116 valence electrons. The summed E-state index contributed by atoms with van der Waals surface area (Å²) in [6.07, 6.45) is 2.89. The monoisotopic (exact) mass is 285 g/mol. The summed E-state index contributed by atoms with van der Waals surface area (Å²) < 4.78 is 10.9. The molecule has 0 aromatic rings. The number of nitrogens with one attached hydrogen (secondary N) is 2. The Morgan fingerprint density at radius 1 is 1.40 bits per heavy atom. The van der Waals surface area contributed by atoms with Crippen molar-refractivity contribution in [3.63, 3.8) is 0 Å². The van der Waals surface area contributed by atoms with Crippen LogP contribution in [0.2, 0.25) is 0 Å². The Bertz CT molecular complexity index is 277. The highest BCUT2D eigenvalue weighted by atomic mass is 16.5. The van der Waals surface area contributed by atoms with Crippen LogP contribution in [0, 0.1) is 0 Å². The number of hydrogen-bond donors (Lipinski definition) is 2. The van der Waals surface area contributed by atoms with Crippen LogP contribution in [0.3, 0.4) is 0 Å². The summed E-state index contributed by atoms with van der Waals surface area (Å²) in [5.74, 6) is 0.0764. The van der Waals surface area contributed by atoms with Crippen molar-refractivity contribution in [2.75, 3.05) is 59.1 Å². The fourth-order valence-corrected chi connectivity index (χ4v) is 2.53. The van der Waals surface area contributed by atoms with E-state index < -0.39 is 0 Å². The van der Waals surface area contributed by atoms with Gasteiger partial charge in [-0.05, 0) is 12.8 Å². The molecule has 2 aliphatic heterocycles. The molecule has 2 N–H and O–H groups in total. The molecule has 0 aromatic carbocycles. The van der Waals surface area contributed by atoms with Crippen molar-refractivity contribution in [2.24, 2.45) is 0 Å². The molecule has 2 aliphatic rings. The maximum atomic E-state index is 11.6. The normalized spacial score (nSPS) is 23.9. The number of carbonyl (C=O) groups excluding carboxylic acids is 1. The first-order valence-corrected chi connectivity index (χ1v) is 7.74. The number of hydrogen-bond acceptors (Lipinski definition) is 5. The molecule has 1 amide bonds. The van der Waals surface area contributed by atoms with Crippen LogP contribution in [-0.4, -0.2) is 76.0 Å². The van der Waals surface area contributed by atoms with Gasteiger partial charge in [0.25, 0.3) is 0 Å². The summed E-state index contributed by atoms with van der Waals surface area (Å²) in [5, 5.41) is 6.26. The van der Waals surface area contributed by atoms with Crippen LogP contribution in [-0.2, 0) is 14.3 Å². The molecule has 2 saturated heterocycles. The number of piperazine rings is 1. The van der Waals surface area contributed by atoms with Gasteiger partial charge < -0.3 is 20.1 Å². The van der Waals surface area contributed by atoms with E-state index in [1.807, 2.05) is 0 Å². The van der Waals surface area contributed by atoms with E-state index in [-0.39, 0.29) is 12.0 Å². The number of ether oxygens (including phenoxy) is 2. The fourth-order valence-electron chi connectivity index (χ4n) is 2.53. The molecule has 6 heteroatoms. The predicted molar refractivity (Wildman–Crippen MR) is 76.7 cm³/mol. The minimum Gasteiger partial charge on any atom is -0.378 e. The molecule has 2 fully saturated rings. The van der Waals surface area contributed by atoms with Crippen molar-refractivity contribution in [3.8, 4) is 0 Å². The summed E-state index contributed by atoms with van der Waals surface area (Å²) in [6, 6.07) is 0. The van der Waals surface area contributed by atoms with Crippen LogP contribution in [0.4, 0.5) is 0 Å². The zero-order valence-corrected chi connectivity index (χ0v) is 12.2. The summed E-state index contributed by atoms with van der Waals surface area (Å²) in [7, 11) is 0. The van der Waals surface area contributed by atoms with Crippen LogP contribution < -0.4 is 10.6 Å². The molecular formula is C14H27N3O3. The van der Waals surface area contributed by atoms with Crippen LogP contribution in [0.25, 0.3) is 0 Å². The van der Waals surface area contributed by atoms with Crippen molar-refractivity contribution < 1.29 is 14.3 Å². The van der Waals surface area contributed by atoms with Crippen LogP contribution >= 0.6 is 0 Å². The van der Waals surface area contributed by atoms with Gasteiger partial charge in [-0.3, -0.25) is 9.69 Å². The van der Waals surface area contributed by atoms with E-state index in [0.29, 0.717) is 19.6 Å². The van der Waals surface area contributed by atoms with Crippen molar-refractivity contribution in [3.05, 3.63) is 0 Å². The van der Waals surface area contributed by atoms with E-state index >= 15 is 0 Å². The average molecular weight is 285 g/mol. The zero-order valence-electron chi connectivity index (χ0n) is 12.2. The summed E-state index contributed by atoms with van der Waals surface area (Å²) in [4.78, 5) is 14.0. The van der Waals surface area contributed by atoms with Gasteiger partial charge in [0, 0.05) is 52.3 Å². The van der Waals surface area contributed by atoms with E-state index in [0.717, 1.165) is 58.7 Å². The molecule has 0 bridgehead atoms. The van der Waals surface area contributed by atoms with Gasteiger partial charge in [-0.2, -0.15) is 0 Å². The third-order valence-electron chi connectivity index (χ3n) is 3.76. The van der Waals surface area contributed by atoms with E-state index in [2.05, 4.69) is 15.5 Å². The average Bonchev–Trinajstić information content (AvgIpc) is 2.98. The Balaban J connectivity index is 1.41. The Hall–Kier alpha value is -0.690. The predicted octanol–water partition coefficient (Wildman–Crippen LogP) is -0.406. The highest BCUT2D eigenvalue weighted by Gasteiger charge is 2.15. The quantitative estimate of drug-likeness (QED) is 0.594. The van der Waals surface area contributed by atoms with E-state index in [1.165, 1.54) is 0 Å². The minimum atomic E-state index is 0.0764. The standard InChI is InChI=1S/C14H27N3O3/c18-14(3-11-19-12-13-2-1-10-20-13)16-6-9-17-7-4-15-5-8-17/h13,15H,1-12H2,(H,16,18). The van der Waals surface area contributed by atoms with Gasteiger partial charge in [-0.1, -0.05) is 0 Å². The van der Waals surface area contributed by atoms with Gasteiger partial charge in [0.15, 0.2) is 0 Å². The van der Waals surface area contributed by atoms with Gasteiger partial charge in [-0.15, -0.1) is 0 Å². The topological polar surface area (TPSA) is 62.8 Å². The molecule has 0 spiro atoms. The fraction of sp³-hybridized carbons (Fsp3) is 0.929. The minimum absolute atomic E-state index is 0.0764. The van der Waals surface area contributed by atoms with Crippen molar-refractivity contribution in [1.29, 1.82) is 0 Å². The molecule has 0 aliphatic carbocycles. The molecule has 20 heavy (non-hydrogen) atoms. The molecule has 1 atom stereocenters. The van der Waals surface area contributed by atoms with Crippen LogP contribution in [0.5, 0.6) is 0 Å². The molecule has 6 nitrogen and oxygen atoms in total. The number of carbonyl (C=O) groups is 1. The van der Waals surface area contributed by atoms with E-state index in [4.69, 9.17) is 9.47 Å². The number of amides is 1. The zero-order chi connectivity index (χ0) is 14.0. The highest BCUT2D eigenvalue weighted by Crippen LogP contribution is 2.11. The van der Waals surface area contributed by atoms with Crippen molar-refractivity contribution in [2.45, 2.75) is 25.4 Å². The second kappa shape index (κ2) is 9.28. The van der Waals surface area contributed by atoms with Crippen LogP contribution in [0.15, 0.2) is 0 Å². The van der Waals surface area contributed by atoms with Crippen molar-refractivity contribution in [1.82, 2.24) is 15.5 Å². The van der Waals surface area contributed by atoms with Gasteiger partial charge in [0.2, 0.25) is 5.91 Å². The first-order valence-electron chi connectivity index (χ1n) is 7.74. The van der Waals surface area contributed by atoms with Gasteiger partial charge in [0.1, 0.15) is 0 Å². The lowest BCUT2D eigenvalue weighted by Gasteiger charge is -2.27. The third kappa shape index (κ3) is 6.17. The van der Waals surface area contributed by atoms with Gasteiger partial charge >= 0.3 is 0 Å². The van der Waals surface area contributed by atoms with E-state index in [9.17, 15) is 4.79 Å². The molecule has 1 unspecified atom stereocenters. The third-order valence-corrected chi connectivity index (χ3v) is 3.76. The van der Waals surface area contributed by atoms with Crippen molar-refractivity contribution >= 4 is 5.91 Å². The summed E-state index contributed by atoms with van der Waals surface area (Å²) >= 11 is 0.